The Bertz CT molecular complexity index is 473. The molecule has 1 aliphatic rings. The van der Waals surface area contributed by atoms with Crippen molar-refractivity contribution in [3.05, 3.63) is 23.7 Å². The number of likely N-dealkylation sites (tertiary alicyclic amines) is 1. The normalized spacial score (nSPS) is 18.3. The Labute approximate surface area is 111 Å². The molecule has 0 saturated carbocycles. The molecular formula is C13H19N3O3. The average molecular weight is 265 g/mol. The van der Waals surface area contributed by atoms with E-state index in [1.165, 1.54) is 0 Å². The molecule has 1 unspecified atom stereocenters. The number of furan rings is 1. The number of piperidine rings is 1. The van der Waals surface area contributed by atoms with E-state index in [1.54, 1.807) is 24.0 Å². The van der Waals surface area contributed by atoms with Crippen molar-refractivity contribution in [1.29, 1.82) is 0 Å². The summed E-state index contributed by atoms with van der Waals surface area (Å²) in [4.78, 5) is 24.9. The molecule has 2 amide bonds. The van der Waals surface area contributed by atoms with Gasteiger partial charge in [0.15, 0.2) is 5.76 Å². The van der Waals surface area contributed by atoms with Crippen molar-refractivity contribution in [2.24, 2.45) is 17.4 Å². The van der Waals surface area contributed by atoms with Crippen LogP contribution in [0.1, 0.15) is 42.1 Å². The maximum atomic E-state index is 12.2. The summed E-state index contributed by atoms with van der Waals surface area (Å²) in [5, 5.41) is 0. The van der Waals surface area contributed by atoms with Crippen LogP contribution in [-0.4, -0.2) is 29.8 Å². The summed E-state index contributed by atoms with van der Waals surface area (Å²) < 4.78 is 5.43. The standard InChI is InChI=1S/C13H19N3O3/c1-8(14)10-2-3-11(19-10)13(18)16-6-4-9(5-7-16)12(15)17/h2-3,8-9H,4-7,14H2,1H3,(H2,15,17). The van der Waals surface area contributed by atoms with E-state index in [9.17, 15) is 9.59 Å². The fourth-order valence-corrected chi connectivity index (χ4v) is 2.24. The molecule has 2 rings (SSSR count). The second-order valence-corrected chi connectivity index (χ2v) is 4.96. The van der Waals surface area contributed by atoms with Crippen LogP contribution in [0.3, 0.4) is 0 Å². The Hall–Kier alpha value is -1.82. The van der Waals surface area contributed by atoms with Gasteiger partial charge in [-0.15, -0.1) is 0 Å². The quantitative estimate of drug-likeness (QED) is 0.836. The van der Waals surface area contributed by atoms with Gasteiger partial charge in [0.25, 0.3) is 5.91 Å². The summed E-state index contributed by atoms with van der Waals surface area (Å²) in [5.41, 5.74) is 10.9. The lowest BCUT2D eigenvalue weighted by molar-refractivity contribution is -0.123. The number of amides is 2. The predicted molar refractivity (Wildman–Crippen MR) is 69.1 cm³/mol. The van der Waals surface area contributed by atoms with Gasteiger partial charge in [-0.2, -0.15) is 0 Å². The average Bonchev–Trinajstić information content (AvgIpc) is 2.87. The third-order valence-corrected chi connectivity index (χ3v) is 3.47. The lowest BCUT2D eigenvalue weighted by atomic mass is 9.96. The Balaban J connectivity index is 1.99. The zero-order valence-corrected chi connectivity index (χ0v) is 11.0. The summed E-state index contributed by atoms with van der Waals surface area (Å²) in [5.74, 6) is 0.319. The van der Waals surface area contributed by atoms with E-state index in [2.05, 4.69) is 0 Å². The highest BCUT2D eigenvalue weighted by Gasteiger charge is 2.27. The minimum atomic E-state index is -0.288. The number of nitrogens with two attached hydrogens (primary N) is 2. The van der Waals surface area contributed by atoms with Crippen molar-refractivity contribution in [2.45, 2.75) is 25.8 Å². The maximum absolute atomic E-state index is 12.2. The Morgan fingerprint density at radius 1 is 1.37 bits per heavy atom. The third-order valence-electron chi connectivity index (χ3n) is 3.47. The molecular weight excluding hydrogens is 246 g/mol. The number of nitrogens with zero attached hydrogens (tertiary/aromatic N) is 1. The van der Waals surface area contributed by atoms with Gasteiger partial charge in [0.2, 0.25) is 5.91 Å². The van der Waals surface area contributed by atoms with Gasteiger partial charge in [-0.25, -0.2) is 0 Å². The molecule has 0 aliphatic carbocycles. The highest BCUT2D eigenvalue weighted by Crippen LogP contribution is 2.20. The molecule has 0 bridgehead atoms. The number of carbonyl (C=O) groups excluding carboxylic acids is 2. The van der Waals surface area contributed by atoms with Crippen LogP contribution < -0.4 is 11.5 Å². The van der Waals surface area contributed by atoms with Crippen LogP contribution in [0.4, 0.5) is 0 Å². The van der Waals surface area contributed by atoms with Gasteiger partial charge < -0.3 is 20.8 Å². The second-order valence-electron chi connectivity index (χ2n) is 4.96. The molecule has 1 atom stereocenters. The van der Waals surface area contributed by atoms with Gasteiger partial charge >= 0.3 is 0 Å². The van der Waals surface area contributed by atoms with Crippen LogP contribution >= 0.6 is 0 Å². The zero-order valence-electron chi connectivity index (χ0n) is 11.0. The minimum Gasteiger partial charge on any atom is -0.454 e. The van der Waals surface area contributed by atoms with Crippen LogP contribution in [0.15, 0.2) is 16.5 Å². The molecule has 4 N–H and O–H groups in total. The summed E-state index contributed by atoms with van der Waals surface area (Å²) in [6.45, 7) is 2.85. The molecule has 1 fully saturated rings. The molecule has 6 nitrogen and oxygen atoms in total. The summed E-state index contributed by atoms with van der Waals surface area (Å²) in [7, 11) is 0. The van der Waals surface area contributed by atoms with Crippen LogP contribution in [-0.2, 0) is 4.79 Å². The zero-order chi connectivity index (χ0) is 14.0. The Kier molecular flexibility index (Phi) is 3.90. The summed E-state index contributed by atoms with van der Waals surface area (Å²) in [6, 6.07) is 3.12. The topological polar surface area (TPSA) is 103 Å². The monoisotopic (exact) mass is 265 g/mol. The first-order chi connectivity index (χ1) is 8.99. The number of primary amides is 1. The molecule has 1 aromatic heterocycles. The SMILES string of the molecule is CC(N)c1ccc(C(=O)N2CCC(C(N)=O)CC2)o1. The molecule has 0 radical (unpaired) electrons. The number of carbonyl (C=O) groups is 2. The van der Waals surface area contributed by atoms with Crippen molar-refractivity contribution in [3.8, 4) is 0 Å². The van der Waals surface area contributed by atoms with E-state index in [-0.39, 0.29) is 23.8 Å². The molecule has 6 heteroatoms. The molecule has 0 aromatic carbocycles. The van der Waals surface area contributed by atoms with E-state index >= 15 is 0 Å². The lowest BCUT2D eigenvalue weighted by Crippen LogP contribution is -2.41. The molecule has 1 aromatic rings. The van der Waals surface area contributed by atoms with Crippen molar-refractivity contribution < 1.29 is 14.0 Å². The lowest BCUT2D eigenvalue weighted by Gasteiger charge is -2.29. The highest BCUT2D eigenvalue weighted by atomic mass is 16.4. The molecule has 0 spiro atoms. The van der Waals surface area contributed by atoms with E-state index in [1.807, 2.05) is 0 Å². The van der Waals surface area contributed by atoms with Crippen molar-refractivity contribution >= 4 is 11.8 Å². The maximum Gasteiger partial charge on any atom is 0.289 e. The summed E-state index contributed by atoms with van der Waals surface area (Å²) in [6.07, 6.45) is 1.23. The summed E-state index contributed by atoms with van der Waals surface area (Å²) >= 11 is 0. The van der Waals surface area contributed by atoms with Gasteiger partial charge in [0.05, 0.1) is 6.04 Å². The van der Waals surface area contributed by atoms with Crippen molar-refractivity contribution in [1.82, 2.24) is 4.90 Å². The van der Waals surface area contributed by atoms with Crippen LogP contribution in [0, 0.1) is 5.92 Å². The van der Waals surface area contributed by atoms with Gasteiger partial charge in [-0.1, -0.05) is 0 Å². The van der Waals surface area contributed by atoms with E-state index in [4.69, 9.17) is 15.9 Å². The van der Waals surface area contributed by atoms with Crippen LogP contribution in [0.2, 0.25) is 0 Å². The van der Waals surface area contributed by atoms with Crippen molar-refractivity contribution in [2.75, 3.05) is 13.1 Å². The van der Waals surface area contributed by atoms with Gasteiger partial charge in [-0.05, 0) is 31.9 Å². The first-order valence-corrected chi connectivity index (χ1v) is 6.43. The highest BCUT2D eigenvalue weighted by molar-refractivity contribution is 5.91. The van der Waals surface area contributed by atoms with Crippen molar-refractivity contribution in [3.63, 3.8) is 0 Å². The fraction of sp³-hybridized carbons (Fsp3) is 0.538. The van der Waals surface area contributed by atoms with E-state index < -0.39 is 0 Å². The van der Waals surface area contributed by atoms with Crippen LogP contribution in [0.25, 0.3) is 0 Å². The predicted octanol–water partition coefficient (Wildman–Crippen LogP) is 0.637. The number of rotatable bonds is 3. The second kappa shape index (κ2) is 5.44. The number of hydrogen-bond donors (Lipinski definition) is 2. The molecule has 1 saturated heterocycles. The van der Waals surface area contributed by atoms with E-state index in [0.717, 1.165) is 0 Å². The minimum absolute atomic E-state index is 0.125. The van der Waals surface area contributed by atoms with Gasteiger partial charge in [0.1, 0.15) is 5.76 Å². The van der Waals surface area contributed by atoms with Crippen LogP contribution in [0.5, 0.6) is 0 Å². The first kappa shape index (κ1) is 13.6. The molecule has 1 aliphatic heterocycles. The molecule has 104 valence electrons. The smallest absolute Gasteiger partial charge is 0.289 e. The van der Waals surface area contributed by atoms with E-state index in [0.29, 0.717) is 37.5 Å². The van der Waals surface area contributed by atoms with Gasteiger partial charge in [-0.3, -0.25) is 9.59 Å². The Morgan fingerprint density at radius 2 is 2.00 bits per heavy atom. The fourth-order valence-electron chi connectivity index (χ4n) is 2.24. The third kappa shape index (κ3) is 2.96. The molecule has 2 heterocycles. The van der Waals surface area contributed by atoms with Gasteiger partial charge in [0, 0.05) is 19.0 Å². The largest absolute Gasteiger partial charge is 0.454 e. The molecule has 19 heavy (non-hydrogen) atoms. The number of hydrogen-bond acceptors (Lipinski definition) is 4. The Morgan fingerprint density at radius 3 is 2.47 bits per heavy atom. The first-order valence-electron chi connectivity index (χ1n) is 6.43.